The molecule has 22 heavy (non-hydrogen) atoms. The number of aliphatic carboxylic acids is 1. The Labute approximate surface area is 134 Å². The number of ether oxygens (including phenoxy) is 3. The topological polar surface area (TPSA) is 77.0 Å². The fraction of sp³-hybridized carbons (Fsp3) is 0.533. The van der Waals surface area contributed by atoms with Crippen LogP contribution in [-0.2, 0) is 4.79 Å². The maximum Gasteiger partial charge on any atom is 0.322 e. The Bertz CT molecular complexity index is 575. The fourth-order valence-corrected chi connectivity index (χ4v) is 3.97. The van der Waals surface area contributed by atoms with Gasteiger partial charge in [-0.25, -0.2) is 0 Å². The van der Waals surface area contributed by atoms with Gasteiger partial charge in [-0.15, -0.1) is 11.8 Å². The maximum absolute atomic E-state index is 11.4. The van der Waals surface area contributed by atoms with E-state index in [4.69, 9.17) is 14.2 Å². The smallest absolute Gasteiger partial charge is 0.322 e. The molecule has 0 spiro atoms. The summed E-state index contributed by atoms with van der Waals surface area (Å²) in [5, 5.41) is 12.3. The van der Waals surface area contributed by atoms with Crippen molar-refractivity contribution in [2.24, 2.45) is 0 Å². The lowest BCUT2D eigenvalue weighted by atomic mass is 10.0. The second-order valence-corrected chi connectivity index (χ2v) is 7.25. The van der Waals surface area contributed by atoms with Gasteiger partial charge in [-0.05, 0) is 19.9 Å². The molecule has 2 unspecified atom stereocenters. The Morgan fingerprint density at radius 2 is 1.68 bits per heavy atom. The van der Waals surface area contributed by atoms with E-state index in [1.54, 1.807) is 39.2 Å². The summed E-state index contributed by atoms with van der Waals surface area (Å²) in [6, 6.07) is 2.93. The summed E-state index contributed by atoms with van der Waals surface area (Å²) in [5.74, 6) is 0.918. The number of benzene rings is 1. The molecular weight excluding hydrogens is 306 g/mol. The molecule has 2 N–H and O–H groups in total. The molecule has 2 atom stereocenters. The van der Waals surface area contributed by atoms with Crippen molar-refractivity contribution in [1.29, 1.82) is 0 Å². The van der Waals surface area contributed by atoms with Crippen molar-refractivity contribution in [3.05, 3.63) is 17.7 Å². The zero-order valence-corrected chi connectivity index (χ0v) is 14.1. The number of nitrogens with one attached hydrogen (secondary N) is 1. The number of carbonyl (C=O) groups is 1. The van der Waals surface area contributed by atoms with Crippen LogP contribution in [0.4, 0.5) is 0 Å². The minimum atomic E-state index is -0.862. The molecule has 2 rings (SSSR count). The molecule has 1 aromatic rings. The van der Waals surface area contributed by atoms with Gasteiger partial charge in [0, 0.05) is 16.4 Å². The molecule has 1 heterocycles. The van der Waals surface area contributed by atoms with E-state index in [1.807, 2.05) is 19.9 Å². The maximum atomic E-state index is 11.4. The lowest BCUT2D eigenvalue weighted by Gasteiger charge is -2.21. The van der Waals surface area contributed by atoms with Crippen molar-refractivity contribution in [1.82, 2.24) is 5.32 Å². The highest BCUT2D eigenvalue weighted by Gasteiger charge is 2.46. The van der Waals surface area contributed by atoms with Gasteiger partial charge in [0.1, 0.15) is 11.8 Å². The Morgan fingerprint density at radius 1 is 1.14 bits per heavy atom. The van der Waals surface area contributed by atoms with E-state index in [2.05, 4.69) is 5.32 Å². The molecule has 0 saturated carbocycles. The first kappa shape index (κ1) is 16.8. The molecule has 1 aliphatic heterocycles. The molecule has 0 radical (unpaired) electrons. The molecule has 0 aromatic heterocycles. The predicted octanol–water partition coefficient (Wildman–Crippen LogP) is 2.28. The van der Waals surface area contributed by atoms with Gasteiger partial charge in [0.05, 0.1) is 26.7 Å². The van der Waals surface area contributed by atoms with E-state index < -0.39 is 16.8 Å². The van der Waals surface area contributed by atoms with Gasteiger partial charge >= 0.3 is 5.97 Å². The fourth-order valence-electron chi connectivity index (χ4n) is 2.54. The number of thioether (sulfide) groups is 1. The highest BCUT2D eigenvalue weighted by molar-refractivity contribution is 8.01. The standard InChI is InChI=1S/C15H21NO5S/c1-15(2)12(14(17)18)16-13(22-15)8-6-10(20-4)11(21-5)7-9(8)19-3/h6-7,12-13,16H,1-5H3,(H,17,18). The summed E-state index contributed by atoms with van der Waals surface area (Å²) in [6.45, 7) is 3.83. The van der Waals surface area contributed by atoms with Crippen LogP contribution < -0.4 is 19.5 Å². The van der Waals surface area contributed by atoms with Crippen LogP contribution in [0.5, 0.6) is 17.2 Å². The average Bonchev–Trinajstić information content (AvgIpc) is 2.81. The summed E-state index contributed by atoms with van der Waals surface area (Å²) in [5.41, 5.74) is 0.835. The molecule has 1 fully saturated rings. The Balaban J connectivity index is 2.42. The zero-order valence-electron chi connectivity index (χ0n) is 13.3. The van der Waals surface area contributed by atoms with Crippen LogP contribution in [0.3, 0.4) is 0 Å². The van der Waals surface area contributed by atoms with Crippen LogP contribution in [0, 0.1) is 0 Å². The van der Waals surface area contributed by atoms with E-state index in [0.717, 1.165) is 5.56 Å². The molecule has 6 nitrogen and oxygen atoms in total. The van der Waals surface area contributed by atoms with E-state index in [-0.39, 0.29) is 5.37 Å². The first-order valence-corrected chi connectivity index (χ1v) is 7.68. The van der Waals surface area contributed by atoms with Gasteiger partial charge < -0.3 is 19.3 Å². The highest BCUT2D eigenvalue weighted by Crippen LogP contribution is 2.49. The second-order valence-electron chi connectivity index (χ2n) is 5.49. The highest BCUT2D eigenvalue weighted by atomic mass is 32.2. The van der Waals surface area contributed by atoms with Crippen LogP contribution in [0.15, 0.2) is 12.1 Å². The van der Waals surface area contributed by atoms with Gasteiger partial charge in [0.2, 0.25) is 0 Å². The summed E-state index contributed by atoms with van der Waals surface area (Å²) in [6.07, 6.45) is 0. The number of carboxylic acid groups (broad SMARTS) is 1. The number of methoxy groups -OCH3 is 3. The third-order valence-corrected chi connectivity index (χ3v) is 5.17. The summed E-state index contributed by atoms with van der Waals surface area (Å²) < 4.78 is 15.6. The molecule has 1 saturated heterocycles. The quantitative estimate of drug-likeness (QED) is 0.859. The molecule has 7 heteroatoms. The lowest BCUT2D eigenvalue weighted by molar-refractivity contribution is -0.139. The van der Waals surface area contributed by atoms with Crippen molar-refractivity contribution < 1.29 is 24.1 Å². The third-order valence-electron chi connectivity index (χ3n) is 3.70. The first-order chi connectivity index (χ1) is 10.3. The van der Waals surface area contributed by atoms with Gasteiger partial charge in [0.15, 0.2) is 11.5 Å². The minimum Gasteiger partial charge on any atom is -0.496 e. The molecular formula is C15H21NO5S. The van der Waals surface area contributed by atoms with Crippen LogP contribution in [0.2, 0.25) is 0 Å². The van der Waals surface area contributed by atoms with E-state index >= 15 is 0 Å². The summed E-state index contributed by atoms with van der Waals surface area (Å²) in [7, 11) is 4.70. The van der Waals surface area contributed by atoms with Crippen molar-refractivity contribution in [2.75, 3.05) is 21.3 Å². The first-order valence-electron chi connectivity index (χ1n) is 6.80. The van der Waals surface area contributed by atoms with Crippen molar-refractivity contribution >= 4 is 17.7 Å². The Kier molecular flexibility index (Phi) is 4.77. The predicted molar refractivity (Wildman–Crippen MR) is 85.1 cm³/mol. The molecule has 122 valence electrons. The van der Waals surface area contributed by atoms with E-state index in [9.17, 15) is 9.90 Å². The van der Waals surface area contributed by atoms with Crippen LogP contribution in [-0.4, -0.2) is 43.2 Å². The third kappa shape index (κ3) is 2.96. The van der Waals surface area contributed by atoms with Gasteiger partial charge in [0.25, 0.3) is 0 Å². The molecule has 0 amide bonds. The Hall–Kier alpha value is -1.60. The van der Waals surface area contributed by atoms with E-state index in [1.165, 1.54) is 0 Å². The number of hydrogen-bond donors (Lipinski definition) is 2. The van der Waals surface area contributed by atoms with Crippen molar-refractivity contribution in [2.45, 2.75) is 30.0 Å². The minimum absolute atomic E-state index is 0.203. The zero-order chi connectivity index (χ0) is 16.5. The largest absolute Gasteiger partial charge is 0.496 e. The van der Waals surface area contributed by atoms with Gasteiger partial charge in [-0.1, -0.05) is 0 Å². The number of hydrogen-bond acceptors (Lipinski definition) is 6. The van der Waals surface area contributed by atoms with Crippen LogP contribution in [0.1, 0.15) is 24.8 Å². The van der Waals surface area contributed by atoms with E-state index in [0.29, 0.717) is 17.2 Å². The normalized spacial score (nSPS) is 23.1. The Morgan fingerprint density at radius 3 is 2.14 bits per heavy atom. The summed E-state index contributed by atoms with van der Waals surface area (Å²) in [4.78, 5) is 11.4. The monoisotopic (exact) mass is 327 g/mol. The SMILES string of the molecule is COc1cc(OC)c(C2NC(C(=O)O)C(C)(C)S2)cc1OC. The molecule has 0 bridgehead atoms. The number of rotatable bonds is 5. The van der Waals surface area contributed by atoms with Crippen molar-refractivity contribution in [3.8, 4) is 17.2 Å². The van der Waals surface area contributed by atoms with Crippen molar-refractivity contribution in [3.63, 3.8) is 0 Å². The van der Waals surface area contributed by atoms with Gasteiger partial charge in [-0.3, -0.25) is 10.1 Å². The van der Waals surface area contributed by atoms with Crippen LogP contribution >= 0.6 is 11.8 Å². The van der Waals surface area contributed by atoms with Gasteiger partial charge in [-0.2, -0.15) is 0 Å². The van der Waals surface area contributed by atoms with Crippen LogP contribution in [0.25, 0.3) is 0 Å². The molecule has 1 aromatic carbocycles. The lowest BCUT2D eigenvalue weighted by Crippen LogP contribution is -2.43. The molecule has 0 aliphatic carbocycles. The second kappa shape index (κ2) is 6.26. The average molecular weight is 327 g/mol. The molecule has 1 aliphatic rings. The number of carboxylic acids is 1. The summed E-state index contributed by atoms with van der Waals surface area (Å²) >= 11 is 1.55.